The molecule has 3 atom stereocenters. The first-order chi connectivity index (χ1) is 25.1. The zero-order chi connectivity index (χ0) is 38.5. The van der Waals surface area contributed by atoms with Crippen molar-refractivity contribution in [3.63, 3.8) is 0 Å². The van der Waals surface area contributed by atoms with Crippen LogP contribution < -0.4 is 5.73 Å². The Labute approximate surface area is 312 Å². The molecule has 0 aromatic rings. The monoisotopic (exact) mass is 749 g/mol. The molecule has 0 saturated heterocycles. The first-order valence-corrected chi connectivity index (χ1v) is 20.2. The zero-order valence-corrected chi connectivity index (χ0v) is 32.3. The predicted molar refractivity (Wildman–Crippen MR) is 207 cm³/mol. The maximum absolute atomic E-state index is 12.5. The summed E-state index contributed by atoms with van der Waals surface area (Å²) in [6.45, 7) is 2.50. The fourth-order valence-corrected chi connectivity index (χ4v) is 5.10. The lowest BCUT2D eigenvalue weighted by molar-refractivity contribution is -0.161. The number of carboxylic acid groups (broad SMARTS) is 1. The second-order valence-corrected chi connectivity index (χ2v) is 13.6. The summed E-state index contributed by atoms with van der Waals surface area (Å²) in [6.07, 6.45) is 41.0. The van der Waals surface area contributed by atoms with Crippen LogP contribution in [0.1, 0.15) is 117 Å². The lowest BCUT2D eigenvalue weighted by atomic mass is 10.1. The van der Waals surface area contributed by atoms with Gasteiger partial charge in [-0.2, -0.15) is 0 Å². The quantitative estimate of drug-likeness (QED) is 0.0253. The average molecular weight is 750 g/mol. The van der Waals surface area contributed by atoms with E-state index in [1.54, 1.807) is 0 Å². The normalized spacial score (nSPS) is 14.8. The van der Waals surface area contributed by atoms with E-state index in [9.17, 15) is 23.8 Å². The van der Waals surface area contributed by atoms with Gasteiger partial charge in [0.05, 0.1) is 13.2 Å². The molecule has 12 heteroatoms. The Morgan fingerprint density at radius 2 is 1.10 bits per heavy atom. The smallest absolute Gasteiger partial charge is 0.472 e. The number of phosphoric ester groups is 1. The van der Waals surface area contributed by atoms with Gasteiger partial charge in [-0.3, -0.25) is 23.4 Å². The summed E-state index contributed by atoms with van der Waals surface area (Å²) in [4.78, 5) is 45.7. The third-order valence-electron chi connectivity index (χ3n) is 7.28. The van der Waals surface area contributed by atoms with E-state index in [1.807, 2.05) is 54.7 Å². The highest BCUT2D eigenvalue weighted by atomic mass is 31.2. The van der Waals surface area contributed by atoms with Crippen molar-refractivity contribution >= 4 is 25.7 Å². The van der Waals surface area contributed by atoms with Crippen molar-refractivity contribution in [1.82, 2.24) is 0 Å². The van der Waals surface area contributed by atoms with E-state index in [4.69, 9.17) is 24.8 Å². The van der Waals surface area contributed by atoms with E-state index in [0.717, 1.165) is 51.4 Å². The van der Waals surface area contributed by atoms with E-state index in [0.29, 0.717) is 19.3 Å². The van der Waals surface area contributed by atoms with Crippen molar-refractivity contribution in [1.29, 1.82) is 0 Å². The second kappa shape index (κ2) is 34.7. The number of allylic oxidation sites excluding steroid dienone is 14. The SMILES string of the molecule is CC/C=C/C=C/C=C/C=C/C=C/CCCC(=O)OC(COC(=O)CCCCCCCC/C=C/C=C/CCCCC)COP(=O)(O)OC[C@H](N)C(=O)O. The Bertz CT molecular complexity index is 1200. The van der Waals surface area contributed by atoms with E-state index in [1.165, 1.54) is 19.3 Å². The maximum atomic E-state index is 12.5. The van der Waals surface area contributed by atoms with E-state index in [-0.39, 0.29) is 19.4 Å². The molecule has 294 valence electrons. The topological polar surface area (TPSA) is 172 Å². The first-order valence-electron chi connectivity index (χ1n) is 18.7. The third kappa shape index (κ3) is 33.8. The predicted octanol–water partition coefficient (Wildman–Crippen LogP) is 9.16. The molecule has 0 aromatic carbocycles. The number of ether oxygens (including phenoxy) is 2. The van der Waals surface area contributed by atoms with Gasteiger partial charge in [0.15, 0.2) is 6.10 Å². The lowest BCUT2D eigenvalue weighted by Crippen LogP contribution is -2.34. The largest absolute Gasteiger partial charge is 0.480 e. The highest BCUT2D eigenvalue weighted by Gasteiger charge is 2.28. The summed E-state index contributed by atoms with van der Waals surface area (Å²) in [5.41, 5.74) is 5.30. The Kier molecular flexibility index (Phi) is 32.5. The minimum atomic E-state index is -4.74. The maximum Gasteiger partial charge on any atom is 0.472 e. The highest BCUT2D eigenvalue weighted by Crippen LogP contribution is 2.43. The fourth-order valence-electron chi connectivity index (χ4n) is 4.32. The minimum Gasteiger partial charge on any atom is -0.480 e. The molecule has 2 unspecified atom stereocenters. The molecule has 0 spiro atoms. The molecule has 0 saturated carbocycles. The van der Waals surface area contributed by atoms with Crippen molar-refractivity contribution < 1.29 is 47.5 Å². The summed E-state index contributed by atoms with van der Waals surface area (Å²) in [5, 5.41) is 8.85. The number of carboxylic acids is 1. The van der Waals surface area contributed by atoms with Gasteiger partial charge < -0.3 is 25.2 Å². The molecule has 4 N–H and O–H groups in total. The van der Waals surface area contributed by atoms with Crippen LogP contribution in [0, 0.1) is 0 Å². The molecule has 0 amide bonds. The zero-order valence-electron chi connectivity index (χ0n) is 31.4. The minimum absolute atomic E-state index is 0.0572. The van der Waals surface area contributed by atoms with E-state index in [2.05, 4.69) is 48.8 Å². The molecular weight excluding hydrogens is 685 g/mol. The average Bonchev–Trinajstić information content (AvgIpc) is 3.12. The number of aliphatic carboxylic acids is 1. The van der Waals surface area contributed by atoms with Crippen LogP contribution in [0.25, 0.3) is 0 Å². The number of carbonyl (C=O) groups excluding carboxylic acids is 2. The number of rotatable bonds is 33. The van der Waals surface area contributed by atoms with Gasteiger partial charge in [0.2, 0.25) is 0 Å². The Hall–Kier alpha value is -3.34. The van der Waals surface area contributed by atoms with Crippen LogP contribution in [0.4, 0.5) is 0 Å². The Morgan fingerprint density at radius 3 is 1.69 bits per heavy atom. The number of esters is 2. The molecule has 0 aliphatic heterocycles. The van der Waals surface area contributed by atoms with Crippen LogP contribution in [-0.4, -0.2) is 59.9 Å². The van der Waals surface area contributed by atoms with Crippen molar-refractivity contribution in [3.05, 3.63) is 85.1 Å². The molecule has 11 nitrogen and oxygen atoms in total. The first kappa shape index (κ1) is 48.7. The van der Waals surface area contributed by atoms with Crippen LogP contribution >= 0.6 is 7.82 Å². The van der Waals surface area contributed by atoms with Crippen LogP contribution in [-0.2, 0) is 37.5 Å². The molecule has 0 aromatic heterocycles. The van der Waals surface area contributed by atoms with Gasteiger partial charge in [-0.25, -0.2) is 4.57 Å². The number of carbonyl (C=O) groups is 3. The second-order valence-electron chi connectivity index (χ2n) is 12.1. The number of hydrogen-bond acceptors (Lipinski definition) is 9. The van der Waals surface area contributed by atoms with Crippen LogP contribution in [0.15, 0.2) is 85.1 Å². The Morgan fingerprint density at radius 1 is 0.615 bits per heavy atom. The summed E-state index contributed by atoms with van der Waals surface area (Å²) in [5.74, 6) is -2.51. The van der Waals surface area contributed by atoms with Gasteiger partial charge in [-0.1, -0.05) is 137 Å². The van der Waals surface area contributed by atoms with Gasteiger partial charge in [-0.15, -0.1) is 0 Å². The lowest BCUT2D eigenvalue weighted by Gasteiger charge is -2.20. The fraction of sp³-hybridized carbons (Fsp3) is 0.575. The third-order valence-corrected chi connectivity index (χ3v) is 8.23. The van der Waals surface area contributed by atoms with Crippen molar-refractivity contribution in [2.75, 3.05) is 19.8 Å². The van der Waals surface area contributed by atoms with E-state index >= 15 is 0 Å². The molecule has 0 heterocycles. The van der Waals surface area contributed by atoms with Crippen molar-refractivity contribution in [3.8, 4) is 0 Å². The molecule has 0 radical (unpaired) electrons. The summed E-state index contributed by atoms with van der Waals surface area (Å²) < 4.78 is 32.4. The van der Waals surface area contributed by atoms with Gasteiger partial charge in [0.25, 0.3) is 0 Å². The number of unbranched alkanes of at least 4 members (excludes halogenated alkanes) is 10. The molecular formula is C40H64NO10P. The summed E-state index contributed by atoms with van der Waals surface area (Å²) in [6, 6.07) is -1.54. The number of hydrogen-bond donors (Lipinski definition) is 3. The molecule has 0 bridgehead atoms. The highest BCUT2D eigenvalue weighted by molar-refractivity contribution is 7.47. The van der Waals surface area contributed by atoms with Gasteiger partial charge in [-0.05, 0) is 51.4 Å². The molecule has 0 aliphatic rings. The molecule has 52 heavy (non-hydrogen) atoms. The van der Waals surface area contributed by atoms with Gasteiger partial charge in [0.1, 0.15) is 12.6 Å². The van der Waals surface area contributed by atoms with Crippen LogP contribution in [0.5, 0.6) is 0 Å². The molecule has 0 rings (SSSR count). The summed E-state index contributed by atoms with van der Waals surface area (Å²) in [7, 11) is -4.74. The van der Waals surface area contributed by atoms with Crippen LogP contribution in [0.2, 0.25) is 0 Å². The standard InChI is InChI=1S/C40H64NO10P/c1-3-5-7-9-11-13-15-17-18-20-21-23-25-27-29-31-38(42)48-33-36(34-49-52(46,47)50-35-37(41)40(44)45)51-39(43)32-30-28-26-24-22-19-16-14-12-10-8-6-4-2/h6,8,10-17,19,22,24,26,36-37H,3-5,7,9,18,20-21,23,25,27-35,41H2,1-2H3,(H,44,45)(H,46,47)/b8-6+,12-10+,13-11+,16-14+,17-15+,22-19+,26-24+/t36?,37-/m0/s1. The number of phosphoric acid groups is 1. The van der Waals surface area contributed by atoms with E-state index < -0.39 is 51.1 Å². The van der Waals surface area contributed by atoms with Crippen LogP contribution in [0.3, 0.4) is 0 Å². The Balaban J connectivity index is 4.60. The molecule has 0 aliphatic carbocycles. The summed E-state index contributed by atoms with van der Waals surface area (Å²) >= 11 is 0. The van der Waals surface area contributed by atoms with Crippen molar-refractivity contribution in [2.45, 2.75) is 129 Å². The van der Waals surface area contributed by atoms with Gasteiger partial charge in [0, 0.05) is 12.8 Å². The number of nitrogens with two attached hydrogens (primary N) is 1. The van der Waals surface area contributed by atoms with Gasteiger partial charge >= 0.3 is 25.7 Å². The van der Waals surface area contributed by atoms with Crippen molar-refractivity contribution in [2.24, 2.45) is 5.73 Å². The molecule has 0 fully saturated rings.